The summed E-state index contributed by atoms with van der Waals surface area (Å²) in [5.74, 6) is -1.36. The van der Waals surface area contributed by atoms with Gasteiger partial charge in [0.05, 0.1) is 11.4 Å². The minimum Gasteiger partial charge on any atom is -0.479 e. The second-order valence-corrected chi connectivity index (χ2v) is 4.56. The van der Waals surface area contributed by atoms with Gasteiger partial charge >= 0.3 is 5.97 Å². The van der Waals surface area contributed by atoms with Crippen molar-refractivity contribution >= 4 is 23.2 Å². The van der Waals surface area contributed by atoms with E-state index in [1.807, 2.05) is 13.0 Å². The Labute approximate surface area is 103 Å². The molecule has 0 saturated carbocycles. The average Bonchev–Trinajstić information content (AvgIpc) is 2.77. The van der Waals surface area contributed by atoms with Gasteiger partial charge in [0, 0.05) is 12.0 Å². The number of carbonyl (C=O) groups is 2. The summed E-state index contributed by atoms with van der Waals surface area (Å²) in [7, 11) is 1.30. The standard InChI is InChI=1S/C11H15NO4S/c1-3-7-4-5-9(17-7)10(13)12-6-8(16-2)11(14)15/h4-5,8H,3,6H2,1-2H3,(H,12,13)(H,14,15). The zero-order chi connectivity index (χ0) is 12.8. The molecule has 1 rings (SSSR count). The SMILES string of the molecule is CCc1ccc(C(=O)NCC(OC)C(=O)O)s1. The van der Waals surface area contributed by atoms with Crippen LogP contribution >= 0.6 is 11.3 Å². The molecule has 2 N–H and O–H groups in total. The van der Waals surface area contributed by atoms with E-state index in [0.29, 0.717) is 4.88 Å². The predicted octanol–water partition coefficient (Wildman–Crippen LogP) is 1.14. The van der Waals surface area contributed by atoms with Crippen LogP contribution in [0.3, 0.4) is 0 Å². The van der Waals surface area contributed by atoms with Crippen LogP contribution in [0.25, 0.3) is 0 Å². The molecule has 0 aliphatic carbocycles. The molecule has 0 radical (unpaired) electrons. The number of ether oxygens (including phenoxy) is 1. The molecule has 1 aromatic rings. The van der Waals surface area contributed by atoms with Crippen LogP contribution in [-0.2, 0) is 16.0 Å². The number of thiophene rings is 1. The monoisotopic (exact) mass is 257 g/mol. The zero-order valence-electron chi connectivity index (χ0n) is 9.73. The highest BCUT2D eigenvalue weighted by molar-refractivity contribution is 7.14. The summed E-state index contributed by atoms with van der Waals surface area (Å²) in [6.45, 7) is 1.98. The first-order valence-electron chi connectivity index (χ1n) is 5.21. The van der Waals surface area contributed by atoms with E-state index >= 15 is 0 Å². The summed E-state index contributed by atoms with van der Waals surface area (Å²) in [4.78, 5) is 24.0. The van der Waals surface area contributed by atoms with Gasteiger partial charge in [0.15, 0.2) is 6.10 Å². The van der Waals surface area contributed by atoms with Crippen molar-refractivity contribution in [1.82, 2.24) is 5.32 Å². The summed E-state index contributed by atoms with van der Waals surface area (Å²) in [6.07, 6.45) is -0.127. The molecule has 17 heavy (non-hydrogen) atoms. The first-order valence-corrected chi connectivity index (χ1v) is 6.02. The van der Waals surface area contributed by atoms with Gasteiger partial charge in [-0.15, -0.1) is 11.3 Å². The van der Waals surface area contributed by atoms with Gasteiger partial charge in [-0.25, -0.2) is 4.79 Å². The van der Waals surface area contributed by atoms with Crippen LogP contribution in [0, 0.1) is 0 Å². The van der Waals surface area contributed by atoms with E-state index in [2.05, 4.69) is 5.32 Å². The Hall–Kier alpha value is -1.40. The number of aryl methyl sites for hydroxylation is 1. The fourth-order valence-corrected chi connectivity index (χ4v) is 2.10. The molecular weight excluding hydrogens is 242 g/mol. The number of amides is 1. The molecule has 5 nitrogen and oxygen atoms in total. The molecule has 0 aromatic carbocycles. The minimum absolute atomic E-state index is 0.0377. The Kier molecular flexibility index (Phi) is 5.11. The second-order valence-electron chi connectivity index (χ2n) is 3.39. The van der Waals surface area contributed by atoms with Gasteiger partial charge in [-0.2, -0.15) is 0 Å². The summed E-state index contributed by atoms with van der Waals surface area (Å²) in [6, 6.07) is 3.63. The van der Waals surface area contributed by atoms with Crippen LogP contribution < -0.4 is 5.32 Å². The number of carboxylic acid groups (broad SMARTS) is 1. The van der Waals surface area contributed by atoms with Gasteiger partial charge in [-0.05, 0) is 18.6 Å². The Bertz CT molecular complexity index is 402. The van der Waals surface area contributed by atoms with E-state index < -0.39 is 12.1 Å². The van der Waals surface area contributed by atoms with Gasteiger partial charge in [-0.3, -0.25) is 4.79 Å². The molecule has 1 amide bonds. The molecule has 94 valence electrons. The van der Waals surface area contributed by atoms with Crippen LogP contribution in [0.2, 0.25) is 0 Å². The lowest BCUT2D eigenvalue weighted by Crippen LogP contribution is -2.37. The first kappa shape index (κ1) is 13.7. The van der Waals surface area contributed by atoms with Crippen molar-refractivity contribution in [3.05, 3.63) is 21.9 Å². The summed E-state index contributed by atoms with van der Waals surface area (Å²) >= 11 is 1.41. The summed E-state index contributed by atoms with van der Waals surface area (Å²) in [5, 5.41) is 11.3. The third-order valence-electron chi connectivity index (χ3n) is 2.24. The highest BCUT2D eigenvalue weighted by atomic mass is 32.1. The molecule has 1 unspecified atom stereocenters. The topological polar surface area (TPSA) is 75.6 Å². The molecule has 0 fully saturated rings. The van der Waals surface area contributed by atoms with Crippen molar-refractivity contribution < 1.29 is 19.4 Å². The molecule has 1 heterocycles. The third kappa shape index (κ3) is 3.83. The Morgan fingerprint density at radius 1 is 1.53 bits per heavy atom. The average molecular weight is 257 g/mol. The van der Waals surface area contributed by atoms with Crippen LogP contribution in [-0.4, -0.2) is 36.7 Å². The number of carbonyl (C=O) groups excluding carboxylic acids is 1. The number of nitrogens with one attached hydrogen (secondary N) is 1. The van der Waals surface area contributed by atoms with Crippen molar-refractivity contribution in [2.24, 2.45) is 0 Å². The van der Waals surface area contributed by atoms with Gasteiger partial charge < -0.3 is 15.2 Å². The van der Waals surface area contributed by atoms with Crippen molar-refractivity contribution in [2.75, 3.05) is 13.7 Å². The van der Waals surface area contributed by atoms with Crippen LogP contribution in [0.1, 0.15) is 21.5 Å². The molecule has 1 aromatic heterocycles. The van der Waals surface area contributed by atoms with E-state index in [1.54, 1.807) is 6.07 Å². The second kappa shape index (κ2) is 6.36. The lowest BCUT2D eigenvalue weighted by molar-refractivity contribution is -0.147. The third-order valence-corrected chi connectivity index (χ3v) is 3.47. The van der Waals surface area contributed by atoms with Crippen LogP contribution in [0.15, 0.2) is 12.1 Å². The van der Waals surface area contributed by atoms with Crippen LogP contribution in [0.4, 0.5) is 0 Å². The Morgan fingerprint density at radius 2 is 2.24 bits per heavy atom. The first-order chi connectivity index (χ1) is 8.08. The molecule has 0 aliphatic rings. The van der Waals surface area contributed by atoms with Crippen molar-refractivity contribution in [1.29, 1.82) is 0 Å². The predicted molar refractivity (Wildman–Crippen MR) is 64.5 cm³/mol. The Morgan fingerprint density at radius 3 is 2.71 bits per heavy atom. The zero-order valence-corrected chi connectivity index (χ0v) is 10.5. The molecule has 0 spiro atoms. The van der Waals surface area contributed by atoms with E-state index in [4.69, 9.17) is 9.84 Å². The number of hydrogen-bond donors (Lipinski definition) is 2. The minimum atomic E-state index is -1.09. The highest BCUT2D eigenvalue weighted by Gasteiger charge is 2.18. The highest BCUT2D eigenvalue weighted by Crippen LogP contribution is 2.16. The molecule has 6 heteroatoms. The lowest BCUT2D eigenvalue weighted by atomic mass is 10.3. The number of methoxy groups -OCH3 is 1. The van der Waals surface area contributed by atoms with Crippen molar-refractivity contribution in [2.45, 2.75) is 19.4 Å². The normalized spacial score (nSPS) is 12.1. The quantitative estimate of drug-likeness (QED) is 0.801. The Balaban J connectivity index is 2.52. The summed E-state index contributed by atoms with van der Waals surface area (Å²) < 4.78 is 4.71. The molecule has 1 atom stereocenters. The van der Waals surface area contributed by atoms with E-state index in [9.17, 15) is 9.59 Å². The van der Waals surface area contributed by atoms with Crippen molar-refractivity contribution in [3.63, 3.8) is 0 Å². The molecule has 0 saturated heterocycles. The molecule has 0 bridgehead atoms. The van der Waals surface area contributed by atoms with E-state index in [-0.39, 0.29) is 12.5 Å². The van der Waals surface area contributed by atoms with E-state index in [0.717, 1.165) is 11.3 Å². The van der Waals surface area contributed by atoms with E-state index in [1.165, 1.54) is 18.4 Å². The molecular formula is C11H15NO4S. The maximum absolute atomic E-state index is 11.7. The van der Waals surface area contributed by atoms with Gasteiger partial charge in [0.25, 0.3) is 5.91 Å². The molecule has 0 aliphatic heterocycles. The fourth-order valence-electron chi connectivity index (χ4n) is 1.23. The van der Waals surface area contributed by atoms with Crippen LogP contribution in [0.5, 0.6) is 0 Å². The maximum Gasteiger partial charge on any atom is 0.334 e. The lowest BCUT2D eigenvalue weighted by Gasteiger charge is -2.10. The van der Waals surface area contributed by atoms with Crippen molar-refractivity contribution in [3.8, 4) is 0 Å². The largest absolute Gasteiger partial charge is 0.479 e. The number of carboxylic acids is 1. The number of hydrogen-bond acceptors (Lipinski definition) is 4. The summed E-state index contributed by atoms with van der Waals surface area (Å²) in [5.41, 5.74) is 0. The fraction of sp³-hybridized carbons (Fsp3) is 0.455. The van der Waals surface area contributed by atoms with Gasteiger partial charge in [0.1, 0.15) is 0 Å². The maximum atomic E-state index is 11.7. The van der Waals surface area contributed by atoms with Gasteiger partial charge in [-0.1, -0.05) is 6.92 Å². The number of aliphatic carboxylic acids is 1. The number of rotatable bonds is 6. The smallest absolute Gasteiger partial charge is 0.334 e. The van der Waals surface area contributed by atoms with Gasteiger partial charge in [0.2, 0.25) is 0 Å².